The van der Waals surface area contributed by atoms with Crippen molar-refractivity contribution in [3.8, 4) is 0 Å². The van der Waals surface area contributed by atoms with Crippen LogP contribution in [0.5, 0.6) is 0 Å². The Morgan fingerprint density at radius 2 is 2.11 bits per heavy atom. The number of rotatable bonds is 8. The number of carbonyl (C=O) groups excluding carboxylic acids is 1. The summed E-state index contributed by atoms with van der Waals surface area (Å²) in [7, 11) is 1.70. The van der Waals surface area contributed by atoms with E-state index in [1.807, 2.05) is 0 Å². The lowest BCUT2D eigenvalue weighted by molar-refractivity contribution is -0.120. The molecule has 1 heterocycles. The summed E-state index contributed by atoms with van der Waals surface area (Å²) >= 11 is 0. The van der Waals surface area contributed by atoms with Gasteiger partial charge in [0.25, 0.3) is 0 Å². The third-order valence-corrected chi connectivity index (χ3v) is 3.59. The molecular formula is C14H28N2O2. The van der Waals surface area contributed by atoms with Crippen molar-refractivity contribution in [1.82, 2.24) is 10.2 Å². The van der Waals surface area contributed by atoms with Gasteiger partial charge in [-0.25, -0.2) is 0 Å². The van der Waals surface area contributed by atoms with Crippen LogP contribution in [0.4, 0.5) is 0 Å². The molecule has 1 aliphatic rings. The van der Waals surface area contributed by atoms with E-state index in [2.05, 4.69) is 17.1 Å². The number of nitrogens with zero attached hydrogens (tertiary/aromatic N) is 1. The molecule has 18 heavy (non-hydrogen) atoms. The second kappa shape index (κ2) is 9.34. The second-order valence-corrected chi connectivity index (χ2v) is 5.04. The quantitative estimate of drug-likeness (QED) is 0.673. The Hall–Kier alpha value is -0.610. The summed E-state index contributed by atoms with van der Waals surface area (Å²) in [6.07, 6.45) is 6.87. The minimum absolute atomic E-state index is 0.161. The van der Waals surface area contributed by atoms with Crippen LogP contribution in [-0.2, 0) is 9.53 Å². The highest BCUT2D eigenvalue weighted by Crippen LogP contribution is 2.10. The fraction of sp³-hybridized carbons (Fsp3) is 0.929. The summed E-state index contributed by atoms with van der Waals surface area (Å²) < 4.78 is 5.65. The molecule has 1 amide bonds. The van der Waals surface area contributed by atoms with Gasteiger partial charge >= 0.3 is 0 Å². The topological polar surface area (TPSA) is 41.6 Å². The average molecular weight is 256 g/mol. The first-order chi connectivity index (χ1) is 8.76. The molecule has 1 saturated heterocycles. The van der Waals surface area contributed by atoms with E-state index in [-0.39, 0.29) is 5.91 Å². The summed E-state index contributed by atoms with van der Waals surface area (Å²) in [5, 5.41) is 2.66. The van der Waals surface area contributed by atoms with Crippen LogP contribution in [-0.4, -0.2) is 50.2 Å². The molecule has 0 spiro atoms. The Labute approximate surface area is 111 Å². The van der Waals surface area contributed by atoms with Crippen LogP contribution in [0.2, 0.25) is 0 Å². The SMILES string of the molecule is CCC1CN(CCCCCCC(=O)NC)CCO1. The van der Waals surface area contributed by atoms with Crippen LogP contribution < -0.4 is 5.32 Å². The van der Waals surface area contributed by atoms with E-state index >= 15 is 0 Å². The standard InChI is InChI=1S/C14H28N2O2/c1-3-13-12-16(10-11-18-13)9-7-5-4-6-8-14(17)15-2/h13H,3-12H2,1-2H3,(H,15,17). The Bertz CT molecular complexity index is 234. The van der Waals surface area contributed by atoms with Gasteiger partial charge in [-0.2, -0.15) is 0 Å². The maximum atomic E-state index is 11.0. The van der Waals surface area contributed by atoms with Crippen LogP contribution in [0.1, 0.15) is 45.4 Å². The van der Waals surface area contributed by atoms with Gasteiger partial charge < -0.3 is 10.1 Å². The van der Waals surface area contributed by atoms with Crippen molar-refractivity contribution in [3.05, 3.63) is 0 Å². The van der Waals surface area contributed by atoms with Gasteiger partial charge in [0.2, 0.25) is 5.91 Å². The number of carbonyl (C=O) groups is 1. The Morgan fingerprint density at radius 1 is 1.33 bits per heavy atom. The first kappa shape index (κ1) is 15.4. The lowest BCUT2D eigenvalue weighted by Crippen LogP contribution is -2.42. The van der Waals surface area contributed by atoms with Gasteiger partial charge in [-0.05, 0) is 25.8 Å². The van der Waals surface area contributed by atoms with E-state index in [1.54, 1.807) is 7.05 Å². The van der Waals surface area contributed by atoms with Gasteiger partial charge in [0, 0.05) is 26.6 Å². The van der Waals surface area contributed by atoms with E-state index in [0.29, 0.717) is 12.5 Å². The van der Waals surface area contributed by atoms with E-state index in [0.717, 1.165) is 39.0 Å². The molecule has 1 rings (SSSR count). The molecule has 1 unspecified atom stereocenters. The molecule has 0 radical (unpaired) electrons. The number of morpholine rings is 1. The van der Waals surface area contributed by atoms with Gasteiger partial charge in [0.1, 0.15) is 0 Å². The van der Waals surface area contributed by atoms with Crippen molar-refractivity contribution in [2.24, 2.45) is 0 Å². The van der Waals surface area contributed by atoms with Crippen molar-refractivity contribution in [2.45, 2.75) is 51.6 Å². The van der Waals surface area contributed by atoms with E-state index in [1.165, 1.54) is 19.4 Å². The zero-order chi connectivity index (χ0) is 13.2. The maximum absolute atomic E-state index is 11.0. The molecule has 0 saturated carbocycles. The zero-order valence-electron chi connectivity index (χ0n) is 11.9. The van der Waals surface area contributed by atoms with Gasteiger partial charge in [0.15, 0.2) is 0 Å². The van der Waals surface area contributed by atoms with Crippen molar-refractivity contribution in [3.63, 3.8) is 0 Å². The highest BCUT2D eigenvalue weighted by atomic mass is 16.5. The van der Waals surface area contributed by atoms with Crippen LogP contribution in [0.3, 0.4) is 0 Å². The molecule has 106 valence electrons. The lowest BCUT2D eigenvalue weighted by Gasteiger charge is -2.32. The molecule has 0 aromatic heterocycles. The highest BCUT2D eigenvalue weighted by Gasteiger charge is 2.17. The van der Waals surface area contributed by atoms with Crippen LogP contribution in [0.15, 0.2) is 0 Å². The van der Waals surface area contributed by atoms with E-state index in [4.69, 9.17) is 4.74 Å². The molecule has 0 aromatic carbocycles. The Kier molecular flexibility index (Phi) is 8.01. The summed E-state index contributed by atoms with van der Waals surface area (Å²) in [5.74, 6) is 0.161. The molecular weight excluding hydrogens is 228 g/mol. The number of hydrogen-bond acceptors (Lipinski definition) is 3. The van der Waals surface area contributed by atoms with Gasteiger partial charge in [-0.3, -0.25) is 9.69 Å². The first-order valence-corrected chi connectivity index (χ1v) is 7.30. The molecule has 0 aromatic rings. The molecule has 4 nitrogen and oxygen atoms in total. The van der Waals surface area contributed by atoms with Crippen molar-refractivity contribution < 1.29 is 9.53 Å². The number of hydrogen-bond donors (Lipinski definition) is 1. The Balaban J connectivity index is 1.95. The minimum Gasteiger partial charge on any atom is -0.376 e. The minimum atomic E-state index is 0.161. The van der Waals surface area contributed by atoms with Crippen LogP contribution in [0.25, 0.3) is 0 Å². The lowest BCUT2D eigenvalue weighted by atomic mass is 10.1. The molecule has 1 fully saturated rings. The van der Waals surface area contributed by atoms with Crippen molar-refractivity contribution in [1.29, 1.82) is 0 Å². The number of ether oxygens (including phenoxy) is 1. The Morgan fingerprint density at radius 3 is 2.83 bits per heavy atom. The largest absolute Gasteiger partial charge is 0.376 e. The molecule has 4 heteroatoms. The van der Waals surface area contributed by atoms with Crippen molar-refractivity contribution >= 4 is 5.91 Å². The fourth-order valence-electron chi connectivity index (χ4n) is 2.33. The summed E-state index contributed by atoms with van der Waals surface area (Å²) in [6, 6.07) is 0. The molecule has 0 aliphatic carbocycles. The molecule has 0 bridgehead atoms. The first-order valence-electron chi connectivity index (χ1n) is 7.30. The highest BCUT2D eigenvalue weighted by molar-refractivity contribution is 5.75. The number of nitrogens with one attached hydrogen (secondary N) is 1. The van der Waals surface area contributed by atoms with Crippen LogP contribution >= 0.6 is 0 Å². The average Bonchev–Trinajstić information content (AvgIpc) is 2.42. The van der Waals surface area contributed by atoms with E-state index < -0.39 is 0 Å². The molecule has 1 aliphatic heterocycles. The number of amides is 1. The maximum Gasteiger partial charge on any atom is 0.219 e. The predicted octanol–water partition coefficient (Wildman–Crippen LogP) is 1.79. The third kappa shape index (κ3) is 6.36. The molecule has 1 atom stereocenters. The smallest absolute Gasteiger partial charge is 0.219 e. The predicted molar refractivity (Wildman–Crippen MR) is 73.6 cm³/mol. The second-order valence-electron chi connectivity index (χ2n) is 5.04. The van der Waals surface area contributed by atoms with E-state index in [9.17, 15) is 4.79 Å². The summed E-state index contributed by atoms with van der Waals surface area (Å²) in [6.45, 7) is 6.42. The zero-order valence-corrected chi connectivity index (χ0v) is 11.9. The fourth-order valence-corrected chi connectivity index (χ4v) is 2.33. The normalized spacial score (nSPS) is 20.9. The van der Waals surface area contributed by atoms with Gasteiger partial charge in [0.05, 0.1) is 12.7 Å². The number of unbranched alkanes of at least 4 members (excludes halogenated alkanes) is 3. The third-order valence-electron chi connectivity index (χ3n) is 3.59. The summed E-state index contributed by atoms with van der Waals surface area (Å²) in [4.78, 5) is 13.5. The van der Waals surface area contributed by atoms with Crippen molar-refractivity contribution in [2.75, 3.05) is 33.3 Å². The van der Waals surface area contributed by atoms with Crippen LogP contribution in [0, 0.1) is 0 Å². The van der Waals surface area contributed by atoms with Gasteiger partial charge in [-0.15, -0.1) is 0 Å². The monoisotopic (exact) mass is 256 g/mol. The van der Waals surface area contributed by atoms with Gasteiger partial charge in [-0.1, -0.05) is 19.8 Å². The molecule has 1 N–H and O–H groups in total. The summed E-state index contributed by atoms with van der Waals surface area (Å²) in [5.41, 5.74) is 0.